The highest BCUT2D eigenvalue weighted by Crippen LogP contribution is 2.35. The largest absolute Gasteiger partial charge is 0.261 e. The molecule has 1 aliphatic rings. The van der Waals surface area contributed by atoms with Gasteiger partial charge < -0.3 is 0 Å². The van der Waals surface area contributed by atoms with E-state index in [1.54, 1.807) is 0 Å². The number of hydrogen-bond acceptors (Lipinski definition) is 2. The standard InChI is InChI=1S/C22H39NS/c1-9-10-18(11-12-21(3,4)5)13-17(2)14-19-15-20(16-19)23-24-22(6,7)8/h9-10,13,19-20,23H,2,11-12,14-16H2,1,3-8H3/b10-9-,18-13+. The van der Waals surface area contributed by atoms with Gasteiger partial charge in [0.15, 0.2) is 0 Å². The van der Waals surface area contributed by atoms with Gasteiger partial charge in [-0.2, -0.15) is 0 Å². The maximum Gasteiger partial charge on any atom is 0.0220 e. The highest BCUT2D eigenvalue weighted by atomic mass is 32.2. The van der Waals surface area contributed by atoms with Crippen molar-refractivity contribution in [1.29, 1.82) is 0 Å². The van der Waals surface area contributed by atoms with Crippen molar-refractivity contribution in [3.05, 3.63) is 36.0 Å². The molecule has 1 fully saturated rings. The SMILES string of the molecule is C=C(/C=C(\C=C/C)CCC(C)(C)C)CC1CC(NSC(C)(C)C)C1. The van der Waals surface area contributed by atoms with E-state index in [4.69, 9.17) is 0 Å². The van der Waals surface area contributed by atoms with E-state index in [2.05, 4.69) is 78.0 Å². The molecular formula is C22H39NS. The lowest BCUT2D eigenvalue weighted by Crippen LogP contribution is -2.39. The van der Waals surface area contributed by atoms with E-state index in [-0.39, 0.29) is 0 Å². The first-order chi connectivity index (χ1) is 11.0. The summed E-state index contributed by atoms with van der Waals surface area (Å²) >= 11 is 1.87. The first-order valence-electron chi connectivity index (χ1n) is 9.43. The summed E-state index contributed by atoms with van der Waals surface area (Å²) in [5.41, 5.74) is 3.11. The molecule has 0 bridgehead atoms. The van der Waals surface area contributed by atoms with E-state index < -0.39 is 0 Å². The second kappa shape index (κ2) is 9.29. The van der Waals surface area contributed by atoms with Gasteiger partial charge in [-0.3, -0.25) is 4.72 Å². The van der Waals surface area contributed by atoms with Crippen molar-refractivity contribution in [1.82, 2.24) is 4.72 Å². The van der Waals surface area contributed by atoms with E-state index >= 15 is 0 Å². The number of allylic oxidation sites excluding steroid dienone is 5. The average molecular weight is 350 g/mol. The van der Waals surface area contributed by atoms with E-state index in [1.165, 1.54) is 30.4 Å². The monoisotopic (exact) mass is 349 g/mol. The Balaban J connectivity index is 2.38. The molecule has 1 rings (SSSR count). The number of nitrogens with one attached hydrogen (secondary N) is 1. The molecule has 0 heterocycles. The van der Waals surface area contributed by atoms with Crippen LogP contribution in [0.3, 0.4) is 0 Å². The predicted molar refractivity (Wildman–Crippen MR) is 112 cm³/mol. The second-order valence-electron chi connectivity index (χ2n) is 9.51. The summed E-state index contributed by atoms with van der Waals surface area (Å²) in [6.45, 7) is 20.1. The molecule has 0 radical (unpaired) electrons. The van der Waals surface area contributed by atoms with Gasteiger partial charge in [-0.25, -0.2) is 0 Å². The normalized spacial score (nSPS) is 22.7. The van der Waals surface area contributed by atoms with Crippen molar-refractivity contribution in [2.75, 3.05) is 0 Å². The smallest absolute Gasteiger partial charge is 0.0220 e. The molecule has 0 aromatic carbocycles. The van der Waals surface area contributed by atoms with Crippen molar-refractivity contribution in [2.24, 2.45) is 11.3 Å². The summed E-state index contributed by atoms with van der Waals surface area (Å²) < 4.78 is 3.92. The summed E-state index contributed by atoms with van der Waals surface area (Å²) in [6, 6.07) is 0.687. The van der Waals surface area contributed by atoms with Crippen LogP contribution in [0.2, 0.25) is 0 Å². The van der Waals surface area contributed by atoms with Gasteiger partial charge in [0, 0.05) is 10.8 Å². The Labute approximate surface area is 155 Å². The van der Waals surface area contributed by atoms with Crippen LogP contribution in [0.1, 0.15) is 80.6 Å². The third-order valence-electron chi connectivity index (χ3n) is 4.25. The lowest BCUT2D eigenvalue weighted by atomic mass is 9.77. The molecule has 1 aliphatic carbocycles. The molecule has 1 saturated carbocycles. The number of rotatable bonds is 8. The minimum atomic E-state index is 0.297. The second-order valence-corrected chi connectivity index (χ2v) is 11.2. The van der Waals surface area contributed by atoms with Crippen LogP contribution in [0.5, 0.6) is 0 Å². The Hall–Kier alpha value is -0.470. The Bertz CT molecular complexity index is 453. The van der Waals surface area contributed by atoms with Crippen LogP contribution in [0, 0.1) is 11.3 Å². The van der Waals surface area contributed by atoms with Crippen molar-refractivity contribution >= 4 is 11.9 Å². The molecule has 0 aromatic rings. The van der Waals surface area contributed by atoms with Gasteiger partial charge in [-0.05, 0) is 76.7 Å². The number of hydrogen-bond donors (Lipinski definition) is 1. The van der Waals surface area contributed by atoms with Crippen LogP contribution in [0.4, 0.5) is 0 Å². The zero-order valence-electron chi connectivity index (χ0n) is 17.0. The van der Waals surface area contributed by atoms with Crippen molar-refractivity contribution in [2.45, 2.75) is 91.4 Å². The van der Waals surface area contributed by atoms with Crippen LogP contribution in [0.15, 0.2) is 36.0 Å². The fraction of sp³-hybridized carbons (Fsp3) is 0.727. The van der Waals surface area contributed by atoms with E-state index in [0.717, 1.165) is 18.8 Å². The van der Waals surface area contributed by atoms with Gasteiger partial charge in [-0.15, -0.1) is 0 Å². The average Bonchev–Trinajstić information content (AvgIpc) is 2.36. The summed E-state index contributed by atoms with van der Waals surface area (Å²) in [4.78, 5) is 0. The fourth-order valence-electron chi connectivity index (χ4n) is 2.89. The minimum absolute atomic E-state index is 0.297. The van der Waals surface area contributed by atoms with Gasteiger partial charge in [0.05, 0.1) is 0 Å². The molecule has 138 valence electrons. The van der Waals surface area contributed by atoms with Crippen molar-refractivity contribution in [3.63, 3.8) is 0 Å². The molecule has 24 heavy (non-hydrogen) atoms. The third-order valence-corrected chi connectivity index (χ3v) is 5.32. The van der Waals surface area contributed by atoms with E-state index in [9.17, 15) is 0 Å². The molecule has 0 saturated heterocycles. The highest BCUT2D eigenvalue weighted by Gasteiger charge is 2.30. The van der Waals surface area contributed by atoms with Gasteiger partial charge in [0.2, 0.25) is 0 Å². The quantitative estimate of drug-likeness (QED) is 0.371. The summed E-state index contributed by atoms with van der Waals surface area (Å²) in [7, 11) is 0. The van der Waals surface area contributed by atoms with Crippen LogP contribution in [0.25, 0.3) is 0 Å². The molecule has 0 unspecified atom stereocenters. The first kappa shape index (κ1) is 21.6. The molecule has 1 nitrogen and oxygen atoms in total. The van der Waals surface area contributed by atoms with Gasteiger partial charge in [0.25, 0.3) is 0 Å². The van der Waals surface area contributed by atoms with Gasteiger partial charge >= 0.3 is 0 Å². The molecule has 0 amide bonds. The van der Waals surface area contributed by atoms with Crippen molar-refractivity contribution < 1.29 is 0 Å². The van der Waals surface area contributed by atoms with Gasteiger partial charge in [0.1, 0.15) is 0 Å². The van der Waals surface area contributed by atoms with E-state index in [1.807, 2.05) is 11.9 Å². The maximum absolute atomic E-state index is 4.32. The Morgan fingerprint density at radius 3 is 2.29 bits per heavy atom. The van der Waals surface area contributed by atoms with Crippen molar-refractivity contribution in [3.8, 4) is 0 Å². The van der Waals surface area contributed by atoms with Crippen LogP contribution < -0.4 is 4.72 Å². The third kappa shape index (κ3) is 9.74. The van der Waals surface area contributed by atoms with E-state index in [0.29, 0.717) is 16.2 Å². The lowest BCUT2D eigenvalue weighted by molar-refractivity contribution is 0.251. The maximum atomic E-state index is 4.32. The molecule has 0 aromatic heterocycles. The summed E-state index contributed by atoms with van der Waals surface area (Å²) in [5.74, 6) is 0.807. The van der Waals surface area contributed by atoms with Gasteiger partial charge in [-0.1, -0.05) is 63.1 Å². The first-order valence-corrected chi connectivity index (χ1v) is 10.2. The minimum Gasteiger partial charge on any atom is -0.261 e. The van der Waals surface area contributed by atoms with Crippen LogP contribution >= 0.6 is 11.9 Å². The molecular weight excluding hydrogens is 310 g/mol. The molecule has 0 spiro atoms. The van der Waals surface area contributed by atoms with Crippen LogP contribution in [-0.4, -0.2) is 10.8 Å². The van der Waals surface area contributed by atoms with Crippen LogP contribution in [-0.2, 0) is 0 Å². The zero-order chi connectivity index (χ0) is 18.4. The lowest BCUT2D eigenvalue weighted by Gasteiger charge is -2.37. The molecule has 0 aliphatic heterocycles. The zero-order valence-corrected chi connectivity index (χ0v) is 17.9. The summed E-state index contributed by atoms with van der Waals surface area (Å²) in [5, 5.41) is 0. The molecule has 2 heteroatoms. The topological polar surface area (TPSA) is 12.0 Å². The Morgan fingerprint density at radius 2 is 1.79 bits per heavy atom. The Kier molecular flexibility index (Phi) is 8.35. The highest BCUT2D eigenvalue weighted by molar-refractivity contribution is 7.98. The summed E-state index contributed by atoms with van der Waals surface area (Å²) in [6.07, 6.45) is 12.8. The fourth-order valence-corrected chi connectivity index (χ4v) is 3.60. The molecule has 0 atom stereocenters. The predicted octanol–water partition coefficient (Wildman–Crippen LogP) is 7.08. The molecule has 1 N–H and O–H groups in total. The Morgan fingerprint density at radius 1 is 1.17 bits per heavy atom.